The maximum Gasteiger partial charge on any atom is 0.324 e. The Kier molecular flexibility index (Phi) is 6.48. The highest BCUT2D eigenvalue weighted by molar-refractivity contribution is 6.24. The van der Waals surface area contributed by atoms with Gasteiger partial charge in [0.25, 0.3) is 5.69 Å². The number of hydrogen-bond donors (Lipinski definition) is 4. The van der Waals surface area contributed by atoms with Crippen LogP contribution < -0.4 is 21.3 Å². The quantitative estimate of drug-likeness (QED) is 0.148. The van der Waals surface area contributed by atoms with Gasteiger partial charge in [0.1, 0.15) is 5.54 Å². The molecule has 200 valence electrons. The number of aliphatic carboxylic acids is 1. The van der Waals surface area contributed by atoms with Crippen LogP contribution in [0.1, 0.15) is 24.4 Å². The summed E-state index contributed by atoms with van der Waals surface area (Å²) in [5, 5.41) is 29.1. The molecule has 4 unspecified atom stereocenters. The molecule has 0 radical (unpaired) electrons. The molecule has 2 aliphatic heterocycles. The van der Waals surface area contributed by atoms with Gasteiger partial charge in [0.15, 0.2) is 0 Å². The van der Waals surface area contributed by atoms with Crippen molar-refractivity contribution in [3.05, 3.63) is 82.4 Å². The number of nitrogens with two attached hydrogens (primary N) is 1. The smallest absolute Gasteiger partial charge is 0.324 e. The number of carboxylic acids is 1. The standard InChI is InChI=1S/C27H25N5O7/c28-26(37)29-13-5-12-27(25(35)36)21-20(22(30-27)19-11-3-7-15-6-1-2-10-18(15)19)23(33)31(24(21)34)16-8-4-9-17(14-16)32(38)39/h1-4,6-11,14,20-22,30H,5,12-13H2,(H,35,36)(H3,28,29,37). The van der Waals surface area contributed by atoms with Crippen molar-refractivity contribution in [2.45, 2.75) is 24.4 Å². The van der Waals surface area contributed by atoms with E-state index in [4.69, 9.17) is 5.73 Å². The van der Waals surface area contributed by atoms with E-state index in [0.29, 0.717) is 5.56 Å². The highest BCUT2D eigenvalue weighted by Gasteiger charge is 2.68. The van der Waals surface area contributed by atoms with Crippen molar-refractivity contribution < 1.29 is 29.2 Å². The number of fused-ring (bicyclic) bond motifs is 2. The summed E-state index contributed by atoms with van der Waals surface area (Å²) in [6.07, 6.45) is 0.0683. The number of hydrogen-bond acceptors (Lipinski definition) is 7. The number of amides is 4. The van der Waals surface area contributed by atoms with Crippen LogP contribution in [0, 0.1) is 22.0 Å². The summed E-state index contributed by atoms with van der Waals surface area (Å²) in [5.74, 6) is -5.12. The average Bonchev–Trinajstić information content (AvgIpc) is 3.40. The van der Waals surface area contributed by atoms with Gasteiger partial charge in [-0.25, -0.2) is 9.69 Å². The lowest BCUT2D eigenvalue weighted by atomic mass is 9.76. The highest BCUT2D eigenvalue weighted by Crippen LogP contribution is 2.52. The third-order valence-electron chi connectivity index (χ3n) is 7.54. The number of nitrogens with zero attached hydrogens (tertiary/aromatic N) is 2. The lowest BCUT2D eigenvalue weighted by Gasteiger charge is -2.31. The van der Waals surface area contributed by atoms with E-state index in [1.165, 1.54) is 18.2 Å². The van der Waals surface area contributed by atoms with E-state index in [0.717, 1.165) is 21.7 Å². The molecule has 0 aliphatic carbocycles. The first-order valence-corrected chi connectivity index (χ1v) is 12.3. The van der Waals surface area contributed by atoms with Gasteiger partial charge in [-0.3, -0.25) is 29.8 Å². The second-order valence-electron chi connectivity index (χ2n) is 9.65. The normalized spacial score (nSPS) is 24.1. The van der Waals surface area contributed by atoms with Crippen LogP contribution in [0.15, 0.2) is 66.7 Å². The molecular formula is C27H25N5O7. The zero-order valence-electron chi connectivity index (χ0n) is 20.6. The molecule has 3 aromatic carbocycles. The van der Waals surface area contributed by atoms with Crippen LogP contribution in [0.5, 0.6) is 0 Å². The molecule has 12 heteroatoms. The van der Waals surface area contributed by atoms with Crippen LogP contribution in [0.4, 0.5) is 16.2 Å². The fraction of sp³-hybridized carbons (Fsp3) is 0.259. The molecule has 2 fully saturated rings. The average molecular weight is 532 g/mol. The Bertz CT molecular complexity index is 1520. The lowest BCUT2D eigenvalue weighted by molar-refractivity contribution is -0.384. The number of anilines is 1. The van der Waals surface area contributed by atoms with E-state index in [9.17, 15) is 34.4 Å². The minimum absolute atomic E-state index is 0.0000430. The van der Waals surface area contributed by atoms with E-state index in [2.05, 4.69) is 10.6 Å². The van der Waals surface area contributed by atoms with Crippen molar-refractivity contribution >= 4 is 46.0 Å². The molecule has 5 rings (SSSR count). The summed E-state index contributed by atoms with van der Waals surface area (Å²) in [7, 11) is 0. The number of imide groups is 1. The van der Waals surface area contributed by atoms with E-state index in [1.807, 2.05) is 30.3 Å². The first-order chi connectivity index (χ1) is 18.7. The molecule has 2 heterocycles. The summed E-state index contributed by atoms with van der Waals surface area (Å²) < 4.78 is 0. The third kappa shape index (κ3) is 4.24. The van der Waals surface area contributed by atoms with Crippen molar-refractivity contribution in [2.24, 2.45) is 17.6 Å². The van der Waals surface area contributed by atoms with Crippen molar-refractivity contribution in [2.75, 3.05) is 11.4 Å². The van der Waals surface area contributed by atoms with Crippen LogP contribution in [0.3, 0.4) is 0 Å². The second-order valence-corrected chi connectivity index (χ2v) is 9.65. The SMILES string of the molecule is NC(=O)NCCCC1(C(=O)O)NC(c2cccc3ccccc23)C2C(=O)N(c3cccc([N+](=O)[O-])c3)C(=O)C21. The molecule has 0 saturated carbocycles. The molecule has 4 amide bonds. The third-order valence-corrected chi connectivity index (χ3v) is 7.54. The van der Waals surface area contributed by atoms with Gasteiger partial charge in [0.05, 0.1) is 22.4 Å². The van der Waals surface area contributed by atoms with Crippen molar-refractivity contribution in [3.63, 3.8) is 0 Å². The van der Waals surface area contributed by atoms with Gasteiger partial charge in [-0.2, -0.15) is 0 Å². The predicted octanol–water partition coefficient (Wildman–Crippen LogP) is 2.47. The number of carbonyl (C=O) groups excluding carboxylic acids is 3. The Labute approximate surface area is 221 Å². The fourth-order valence-corrected chi connectivity index (χ4v) is 5.90. The van der Waals surface area contributed by atoms with Crippen LogP contribution in [-0.4, -0.2) is 45.9 Å². The molecule has 5 N–H and O–H groups in total. The van der Waals surface area contributed by atoms with E-state index in [1.54, 1.807) is 12.1 Å². The Balaban J connectivity index is 1.64. The molecule has 0 spiro atoms. The fourth-order valence-electron chi connectivity index (χ4n) is 5.90. The molecule has 0 bridgehead atoms. The van der Waals surface area contributed by atoms with E-state index >= 15 is 0 Å². The lowest BCUT2D eigenvalue weighted by Crippen LogP contribution is -2.56. The summed E-state index contributed by atoms with van der Waals surface area (Å²) >= 11 is 0. The van der Waals surface area contributed by atoms with Crippen molar-refractivity contribution in [3.8, 4) is 0 Å². The number of primary amides is 1. The minimum Gasteiger partial charge on any atom is -0.480 e. The summed E-state index contributed by atoms with van der Waals surface area (Å²) in [4.78, 5) is 63.5. The van der Waals surface area contributed by atoms with Crippen LogP contribution in [-0.2, 0) is 14.4 Å². The molecule has 2 saturated heterocycles. The first-order valence-electron chi connectivity index (χ1n) is 12.3. The van der Waals surface area contributed by atoms with Gasteiger partial charge in [-0.15, -0.1) is 0 Å². The zero-order valence-corrected chi connectivity index (χ0v) is 20.6. The molecule has 12 nitrogen and oxygen atoms in total. The highest BCUT2D eigenvalue weighted by atomic mass is 16.6. The topological polar surface area (TPSA) is 185 Å². The second kappa shape index (κ2) is 9.80. The van der Waals surface area contributed by atoms with Crippen molar-refractivity contribution in [1.82, 2.24) is 10.6 Å². The van der Waals surface area contributed by atoms with Crippen molar-refractivity contribution in [1.29, 1.82) is 0 Å². The molecular weight excluding hydrogens is 506 g/mol. The van der Waals surface area contributed by atoms with Gasteiger partial charge in [-0.05, 0) is 35.2 Å². The zero-order chi connectivity index (χ0) is 27.9. The monoisotopic (exact) mass is 531 g/mol. The van der Waals surface area contributed by atoms with Gasteiger partial charge < -0.3 is 16.2 Å². The Morgan fingerprint density at radius 2 is 1.79 bits per heavy atom. The largest absolute Gasteiger partial charge is 0.480 e. The minimum atomic E-state index is -1.85. The van der Waals surface area contributed by atoms with Crippen LogP contribution >= 0.6 is 0 Å². The van der Waals surface area contributed by atoms with Crippen LogP contribution in [0.2, 0.25) is 0 Å². The Hall–Kier alpha value is -4.84. The van der Waals surface area contributed by atoms with Crippen LogP contribution in [0.25, 0.3) is 10.8 Å². The van der Waals surface area contributed by atoms with Gasteiger partial charge >= 0.3 is 12.0 Å². The number of nitrogens with one attached hydrogen (secondary N) is 2. The van der Waals surface area contributed by atoms with Gasteiger partial charge in [0.2, 0.25) is 11.8 Å². The Morgan fingerprint density at radius 1 is 1.08 bits per heavy atom. The number of urea groups is 1. The van der Waals surface area contributed by atoms with E-state index in [-0.39, 0.29) is 30.8 Å². The number of carbonyl (C=O) groups is 4. The van der Waals surface area contributed by atoms with E-state index < -0.39 is 52.2 Å². The Morgan fingerprint density at radius 3 is 2.51 bits per heavy atom. The molecule has 2 aliphatic rings. The van der Waals surface area contributed by atoms with Gasteiger partial charge in [-0.1, -0.05) is 48.5 Å². The number of carboxylic acid groups (broad SMARTS) is 1. The predicted molar refractivity (Wildman–Crippen MR) is 140 cm³/mol. The summed E-state index contributed by atoms with van der Waals surface area (Å²) in [5.41, 5.74) is 3.63. The summed E-state index contributed by atoms with van der Waals surface area (Å²) in [6.45, 7) is 0.0685. The molecule has 4 atom stereocenters. The maximum absolute atomic E-state index is 14.0. The maximum atomic E-state index is 14.0. The molecule has 0 aromatic heterocycles. The number of nitro groups is 1. The molecule has 3 aromatic rings. The molecule has 39 heavy (non-hydrogen) atoms. The number of benzene rings is 3. The number of rotatable bonds is 8. The number of non-ortho nitro benzene ring substituents is 1. The number of nitro benzene ring substituents is 1. The first kappa shape index (κ1) is 25.8. The van der Waals surface area contributed by atoms with Gasteiger partial charge in [0, 0.05) is 24.7 Å². The summed E-state index contributed by atoms with van der Waals surface area (Å²) in [6, 6.07) is 16.4.